The van der Waals surface area contributed by atoms with Crippen LogP contribution in [0.3, 0.4) is 0 Å². The molecule has 25 heavy (non-hydrogen) atoms. The second-order valence-electron chi connectivity index (χ2n) is 7.92. The minimum Gasteiger partial charge on any atom is -0.483 e. The van der Waals surface area contributed by atoms with Gasteiger partial charge in [0.2, 0.25) is 0 Å². The lowest BCUT2D eigenvalue weighted by molar-refractivity contribution is -0.122. The van der Waals surface area contributed by atoms with Crippen LogP contribution in [-0.4, -0.2) is 53.6 Å². The lowest BCUT2D eigenvalue weighted by Crippen LogP contribution is -2.37. The number of hydrogen-bond donors (Lipinski definition) is 1. The first-order valence-electron chi connectivity index (χ1n) is 9.23. The summed E-state index contributed by atoms with van der Waals surface area (Å²) in [4.78, 5) is 13.5. The summed E-state index contributed by atoms with van der Waals surface area (Å²) in [5, 5.41) is 6.89. The van der Waals surface area contributed by atoms with Gasteiger partial charge in [0, 0.05) is 31.2 Å². The van der Waals surface area contributed by atoms with E-state index in [1.807, 2.05) is 12.1 Å². The molecule has 2 fully saturated rings. The third-order valence-electron chi connectivity index (χ3n) is 5.43. The van der Waals surface area contributed by atoms with Gasteiger partial charge in [-0.1, -0.05) is 32.0 Å². The van der Waals surface area contributed by atoms with Gasteiger partial charge in [-0.25, -0.2) is 4.39 Å². The molecule has 2 aliphatic rings. The molecule has 1 unspecified atom stereocenters. The van der Waals surface area contributed by atoms with Crippen LogP contribution in [0.1, 0.15) is 45.1 Å². The van der Waals surface area contributed by atoms with E-state index in [1.165, 1.54) is 32.2 Å². The van der Waals surface area contributed by atoms with Crippen LogP contribution in [0.4, 0.5) is 4.39 Å². The van der Waals surface area contributed by atoms with Gasteiger partial charge in [0.05, 0.1) is 0 Å². The van der Waals surface area contributed by atoms with Crippen LogP contribution in [-0.2, 0) is 11.3 Å². The highest BCUT2D eigenvalue weighted by Crippen LogP contribution is 2.39. The Kier molecular flexibility index (Phi) is 7.38. The third-order valence-corrected chi connectivity index (χ3v) is 5.43. The van der Waals surface area contributed by atoms with Crippen LogP contribution in [0, 0.1) is 11.2 Å². The average molecular weight is 350 g/mol. The molecule has 1 N–H and O–H groups in total. The quantitative estimate of drug-likeness (QED) is 0.846. The summed E-state index contributed by atoms with van der Waals surface area (Å²) in [5.41, 5.74) is 1.35. The molecule has 1 saturated heterocycles. The predicted octanol–water partition coefficient (Wildman–Crippen LogP) is 3.61. The Bertz CT molecular complexity index is 550. The number of benzene rings is 1. The number of carbonyl (C=O) groups is 1. The second kappa shape index (κ2) is 9.30. The molecule has 1 saturated carbocycles. The Labute approximate surface area is 150 Å². The van der Waals surface area contributed by atoms with Gasteiger partial charge < -0.3 is 5.11 Å². The molecule has 1 aromatic carbocycles. The van der Waals surface area contributed by atoms with Gasteiger partial charge in [0.15, 0.2) is 0 Å². The summed E-state index contributed by atoms with van der Waals surface area (Å²) in [5.74, 6) is -0.0684. The van der Waals surface area contributed by atoms with E-state index in [4.69, 9.17) is 9.90 Å². The summed E-state index contributed by atoms with van der Waals surface area (Å²) in [6.07, 6.45) is 5.24. The summed E-state index contributed by atoms with van der Waals surface area (Å²) in [7, 11) is 0. The number of nitrogens with zero attached hydrogens (tertiary/aromatic N) is 2. The van der Waals surface area contributed by atoms with Crippen molar-refractivity contribution in [1.29, 1.82) is 0 Å². The Hall–Kier alpha value is -1.46. The molecule has 0 amide bonds. The van der Waals surface area contributed by atoms with Crippen molar-refractivity contribution < 1.29 is 14.3 Å². The lowest BCUT2D eigenvalue weighted by Gasteiger charge is -2.29. The van der Waals surface area contributed by atoms with Crippen LogP contribution in [0.15, 0.2) is 24.3 Å². The standard InChI is InChI=1S/C19H29FN2.CH2O2/c1-19(2)9-8-17(14-19)22-11-5-10-21(12-13-22)15-16-6-3-4-7-18(16)20;2-1-3/h3-4,6-7,17H,5,8-15H2,1-2H3;1H,(H,2,3). The number of halogens is 1. The molecule has 1 aliphatic carbocycles. The minimum atomic E-state index is -0.250. The molecular weight excluding hydrogens is 319 g/mol. The molecule has 4 nitrogen and oxygen atoms in total. The van der Waals surface area contributed by atoms with Crippen molar-refractivity contribution in [3.8, 4) is 0 Å². The van der Waals surface area contributed by atoms with Crippen molar-refractivity contribution in [2.24, 2.45) is 5.41 Å². The molecule has 0 bridgehead atoms. The summed E-state index contributed by atoms with van der Waals surface area (Å²) >= 11 is 0. The Morgan fingerprint density at radius 1 is 1.24 bits per heavy atom. The largest absolute Gasteiger partial charge is 0.483 e. The van der Waals surface area contributed by atoms with Gasteiger partial charge in [0.1, 0.15) is 5.82 Å². The summed E-state index contributed by atoms with van der Waals surface area (Å²) in [6.45, 7) is 9.78. The maximum atomic E-state index is 13.8. The first kappa shape index (κ1) is 19.9. The van der Waals surface area contributed by atoms with Gasteiger partial charge in [-0.05, 0) is 50.3 Å². The SMILES string of the molecule is CC1(C)CCC(N2CCCN(Cc3ccccc3F)CC2)C1.O=CO. The highest BCUT2D eigenvalue weighted by atomic mass is 19.1. The van der Waals surface area contributed by atoms with E-state index in [2.05, 4.69) is 23.6 Å². The minimum absolute atomic E-state index is 0.0684. The van der Waals surface area contributed by atoms with Crippen molar-refractivity contribution in [1.82, 2.24) is 9.80 Å². The fourth-order valence-electron chi connectivity index (χ4n) is 4.09. The van der Waals surface area contributed by atoms with Crippen molar-refractivity contribution in [2.45, 2.75) is 52.1 Å². The Morgan fingerprint density at radius 3 is 2.60 bits per heavy atom. The lowest BCUT2D eigenvalue weighted by atomic mass is 9.91. The van der Waals surface area contributed by atoms with E-state index in [0.29, 0.717) is 5.41 Å². The maximum absolute atomic E-state index is 13.8. The van der Waals surface area contributed by atoms with E-state index >= 15 is 0 Å². The smallest absolute Gasteiger partial charge is 0.290 e. The molecule has 0 aromatic heterocycles. The zero-order valence-electron chi connectivity index (χ0n) is 15.5. The topological polar surface area (TPSA) is 43.8 Å². The monoisotopic (exact) mass is 350 g/mol. The molecule has 1 atom stereocenters. The van der Waals surface area contributed by atoms with Gasteiger partial charge in [-0.2, -0.15) is 0 Å². The number of rotatable bonds is 3. The predicted molar refractivity (Wildman–Crippen MR) is 98.0 cm³/mol. The molecule has 140 valence electrons. The summed E-state index contributed by atoms with van der Waals surface area (Å²) < 4.78 is 13.8. The van der Waals surface area contributed by atoms with Crippen molar-refractivity contribution in [3.05, 3.63) is 35.6 Å². The molecule has 0 radical (unpaired) electrons. The zero-order chi connectivity index (χ0) is 18.3. The fraction of sp³-hybridized carbons (Fsp3) is 0.650. The number of hydrogen-bond acceptors (Lipinski definition) is 3. The van der Waals surface area contributed by atoms with Crippen LogP contribution in [0.2, 0.25) is 0 Å². The van der Waals surface area contributed by atoms with E-state index in [-0.39, 0.29) is 12.3 Å². The molecule has 1 aliphatic heterocycles. The van der Waals surface area contributed by atoms with Crippen molar-refractivity contribution >= 4 is 6.47 Å². The fourth-order valence-corrected chi connectivity index (χ4v) is 4.09. The van der Waals surface area contributed by atoms with Gasteiger partial charge in [0.25, 0.3) is 6.47 Å². The molecule has 3 rings (SSSR count). The molecular formula is C20H31FN2O2. The third kappa shape index (κ3) is 6.08. The average Bonchev–Trinajstić information content (AvgIpc) is 2.78. The maximum Gasteiger partial charge on any atom is 0.290 e. The first-order valence-corrected chi connectivity index (χ1v) is 9.23. The van der Waals surface area contributed by atoms with Crippen molar-refractivity contribution in [2.75, 3.05) is 26.2 Å². The summed E-state index contributed by atoms with van der Waals surface area (Å²) in [6, 6.07) is 7.95. The molecule has 0 spiro atoms. The first-order chi connectivity index (χ1) is 11.9. The number of carboxylic acid groups (broad SMARTS) is 1. The van der Waals surface area contributed by atoms with Crippen LogP contribution in [0.5, 0.6) is 0 Å². The van der Waals surface area contributed by atoms with E-state index < -0.39 is 0 Å². The van der Waals surface area contributed by atoms with Gasteiger partial charge in [-0.3, -0.25) is 14.6 Å². The Morgan fingerprint density at radius 2 is 1.96 bits per heavy atom. The van der Waals surface area contributed by atoms with Crippen LogP contribution in [0.25, 0.3) is 0 Å². The molecule has 1 heterocycles. The Balaban J connectivity index is 0.000000701. The van der Waals surface area contributed by atoms with Gasteiger partial charge in [-0.15, -0.1) is 0 Å². The van der Waals surface area contributed by atoms with E-state index in [9.17, 15) is 4.39 Å². The molecule has 1 aromatic rings. The van der Waals surface area contributed by atoms with Crippen LogP contribution < -0.4 is 0 Å². The zero-order valence-corrected chi connectivity index (χ0v) is 15.5. The highest BCUT2D eigenvalue weighted by molar-refractivity contribution is 5.32. The van der Waals surface area contributed by atoms with E-state index in [1.54, 1.807) is 12.1 Å². The molecule has 5 heteroatoms. The second-order valence-corrected chi connectivity index (χ2v) is 7.92. The highest BCUT2D eigenvalue weighted by Gasteiger charge is 2.34. The van der Waals surface area contributed by atoms with Crippen LogP contribution >= 0.6 is 0 Å². The normalized spacial score (nSPS) is 24.2. The van der Waals surface area contributed by atoms with Gasteiger partial charge >= 0.3 is 0 Å². The van der Waals surface area contributed by atoms with Crippen molar-refractivity contribution in [3.63, 3.8) is 0 Å². The van der Waals surface area contributed by atoms with E-state index in [0.717, 1.165) is 37.8 Å².